The van der Waals surface area contributed by atoms with Gasteiger partial charge in [0.2, 0.25) is 15.9 Å². The number of benzene rings is 1. The van der Waals surface area contributed by atoms with Crippen LogP contribution in [-0.2, 0) is 21.2 Å². The molecule has 0 radical (unpaired) electrons. The number of sulfonamides is 1. The van der Waals surface area contributed by atoms with Crippen molar-refractivity contribution in [2.24, 2.45) is 5.92 Å². The standard InChI is InChI=1S/C11H13NO4S/c1-17(14,15)12-11(13)9-6-8-4-2-3-5-10(8)16-7-9/h2-5,9H,6-7H2,1H3,(H,12,13). The van der Waals surface area contributed by atoms with Gasteiger partial charge in [0.05, 0.1) is 12.2 Å². The van der Waals surface area contributed by atoms with Crippen LogP contribution < -0.4 is 9.46 Å². The van der Waals surface area contributed by atoms with Crippen molar-refractivity contribution in [1.29, 1.82) is 0 Å². The summed E-state index contributed by atoms with van der Waals surface area (Å²) < 4.78 is 29.3. The summed E-state index contributed by atoms with van der Waals surface area (Å²) in [6, 6.07) is 7.42. The van der Waals surface area contributed by atoms with Gasteiger partial charge in [-0.15, -0.1) is 0 Å². The number of nitrogens with one attached hydrogen (secondary N) is 1. The molecule has 1 heterocycles. The molecule has 0 aromatic heterocycles. The first-order chi connectivity index (χ1) is 7.96. The lowest BCUT2D eigenvalue weighted by Gasteiger charge is -2.24. The Hall–Kier alpha value is -1.56. The highest BCUT2D eigenvalue weighted by Gasteiger charge is 2.27. The summed E-state index contributed by atoms with van der Waals surface area (Å²) in [6.07, 6.45) is 1.46. The van der Waals surface area contributed by atoms with Gasteiger partial charge in [0.1, 0.15) is 12.4 Å². The lowest BCUT2D eigenvalue weighted by atomic mass is 9.96. The molecule has 6 heteroatoms. The molecule has 1 aromatic carbocycles. The molecular formula is C11H13NO4S. The molecule has 0 aliphatic carbocycles. The maximum atomic E-state index is 11.7. The lowest BCUT2D eigenvalue weighted by molar-refractivity contribution is -0.124. The Kier molecular flexibility index (Phi) is 3.06. The molecule has 1 aliphatic heterocycles. The van der Waals surface area contributed by atoms with Crippen molar-refractivity contribution in [2.45, 2.75) is 6.42 Å². The summed E-state index contributed by atoms with van der Waals surface area (Å²) in [5, 5.41) is 0. The number of amides is 1. The molecule has 1 unspecified atom stereocenters. The number of ether oxygens (including phenoxy) is 1. The summed E-state index contributed by atoms with van der Waals surface area (Å²) in [5.41, 5.74) is 0.924. The largest absolute Gasteiger partial charge is 0.492 e. The van der Waals surface area contributed by atoms with E-state index in [1.165, 1.54) is 0 Å². The summed E-state index contributed by atoms with van der Waals surface area (Å²) >= 11 is 0. The van der Waals surface area contributed by atoms with E-state index in [0.717, 1.165) is 17.6 Å². The third-order valence-corrected chi connectivity index (χ3v) is 3.11. The number of hydrogen-bond acceptors (Lipinski definition) is 4. The maximum absolute atomic E-state index is 11.7. The van der Waals surface area contributed by atoms with Crippen LogP contribution in [0.4, 0.5) is 0 Å². The van der Waals surface area contributed by atoms with Gasteiger partial charge >= 0.3 is 0 Å². The van der Waals surface area contributed by atoms with E-state index in [-0.39, 0.29) is 6.61 Å². The molecule has 0 fully saturated rings. The Morgan fingerprint density at radius 1 is 1.41 bits per heavy atom. The molecule has 1 N–H and O–H groups in total. The van der Waals surface area contributed by atoms with Crippen molar-refractivity contribution in [3.8, 4) is 5.75 Å². The number of fused-ring (bicyclic) bond motifs is 1. The molecule has 5 nitrogen and oxygen atoms in total. The number of carbonyl (C=O) groups excluding carboxylic acids is 1. The fourth-order valence-corrected chi connectivity index (χ4v) is 2.29. The second-order valence-electron chi connectivity index (χ2n) is 4.06. The van der Waals surface area contributed by atoms with Gasteiger partial charge in [-0.25, -0.2) is 8.42 Å². The predicted molar refractivity (Wildman–Crippen MR) is 62.1 cm³/mol. The molecule has 1 atom stereocenters. The van der Waals surface area contributed by atoms with Crippen LogP contribution in [0, 0.1) is 5.92 Å². The van der Waals surface area contributed by atoms with Crippen molar-refractivity contribution < 1.29 is 17.9 Å². The zero-order chi connectivity index (χ0) is 12.5. The Bertz CT molecular complexity index is 538. The van der Waals surface area contributed by atoms with Crippen molar-refractivity contribution >= 4 is 15.9 Å². The Morgan fingerprint density at radius 2 is 2.12 bits per heavy atom. The van der Waals surface area contributed by atoms with Crippen molar-refractivity contribution in [3.63, 3.8) is 0 Å². The molecule has 0 saturated heterocycles. The first-order valence-electron chi connectivity index (χ1n) is 5.18. The van der Waals surface area contributed by atoms with Crippen LogP contribution in [0.25, 0.3) is 0 Å². The molecular weight excluding hydrogens is 242 g/mol. The fourth-order valence-electron chi connectivity index (χ4n) is 1.76. The van der Waals surface area contributed by atoms with E-state index in [1.54, 1.807) is 0 Å². The van der Waals surface area contributed by atoms with Crippen LogP contribution in [0.2, 0.25) is 0 Å². The van der Waals surface area contributed by atoms with Gasteiger partial charge in [-0.05, 0) is 18.1 Å². The summed E-state index contributed by atoms with van der Waals surface area (Å²) in [6.45, 7) is 0.207. The smallest absolute Gasteiger partial charge is 0.240 e. The Morgan fingerprint density at radius 3 is 2.82 bits per heavy atom. The highest BCUT2D eigenvalue weighted by molar-refractivity contribution is 7.89. The molecule has 0 bridgehead atoms. The zero-order valence-electron chi connectivity index (χ0n) is 9.34. The number of carbonyl (C=O) groups is 1. The minimum Gasteiger partial charge on any atom is -0.492 e. The normalized spacial score (nSPS) is 19.0. The average Bonchev–Trinajstić information content (AvgIpc) is 2.26. The van der Waals surface area contributed by atoms with Crippen LogP contribution in [0.15, 0.2) is 24.3 Å². The number of hydrogen-bond donors (Lipinski definition) is 1. The first kappa shape index (κ1) is 11.9. The highest BCUT2D eigenvalue weighted by Crippen LogP contribution is 2.26. The zero-order valence-corrected chi connectivity index (χ0v) is 10.2. The molecule has 0 spiro atoms. The molecule has 92 valence electrons. The second kappa shape index (κ2) is 4.37. The van der Waals surface area contributed by atoms with Crippen molar-refractivity contribution in [2.75, 3.05) is 12.9 Å². The van der Waals surface area contributed by atoms with Gasteiger partial charge < -0.3 is 4.74 Å². The minimum atomic E-state index is -3.51. The van der Waals surface area contributed by atoms with Crippen LogP contribution in [0.3, 0.4) is 0 Å². The van der Waals surface area contributed by atoms with Gasteiger partial charge in [0.25, 0.3) is 0 Å². The van der Waals surface area contributed by atoms with Crippen LogP contribution >= 0.6 is 0 Å². The molecule has 1 aromatic rings. The highest BCUT2D eigenvalue weighted by atomic mass is 32.2. The van der Waals surface area contributed by atoms with E-state index < -0.39 is 21.8 Å². The van der Waals surface area contributed by atoms with Crippen LogP contribution in [0.1, 0.15) is 5.56 Å². The van der Waals surface area contributed by atoms with Crippen molar-refractivity contribution in [3.05, 3.63) is 29.8 Å². The van der Waals surface area contributed by atoms with Gasteiger partial charge in [0, 0.05) is 0 Å². The van der Waals surface area contributed by atoms with Crippen LogP contribution in [-0.4, -0.2) is 27.2 Å². The van der Waals surface area contributed by atoms with E-state index in [4.69, 9.17) is 4.74 Å². The average molecular weight is 255 g/mol. The topological polar surface area (TPSA) is 72.5 Å². The summed E-state index contributed by atoms with van der Waals surface area (Å²) in [4.78, 5) is 11.7. The molecule has 1 amide bonds. The van der Waals surface area contributed by atoms with E-state index in [1.807, 2.05) is 29.0 Å². The number of rotatable bonds is 2. The fraction of sp³-hybridized carbons (Fsp3) is 0.364. The Balaban J connectivity index is 2.10. The van der Waals surface area contributed by atoms with E-state index in [2.05, 4.69) is 0 Å². The number of para-hydroxylation sites is 1. The van der Waals surface area contributed by atoms with Gasteiger partial charge in [0.15, 0.2) is 0 Å². The van der Waals surface area contributed by atoms with Crippen LogP contribution in [0.5, 0.6) is 5.75 Å². The van der Waals surface area contributed by atoms with Crippen molar-refractivity contribution in [1.82, 2.24) is 4.72 Å². The third kappa shape index (κ3) is 2.97. The Labute approximate surface area is 99.8 Å². The minimum absolute atomic E-state index is 0.207. The van der Waals surface area contributed by atoms with Gasteiger partial charge in [-0.1, -0.05) is 18.2 Å². The molecule has 1 aliphatic rings. The summed E-state index contributed by atoms with van der Waals surface area (Å²) in [5.74, 6) is -0.211. The lowest BCUT2D eigenvalue weighted by Crippen LogP contribution is -2.39. The predicted octanol–water partition coefficient (Wildman–Crippen LogP) is 0.313. The SMILES string of the molecule is CS(=O)(=O)NC(=O)C1COc2ccccc2C1. The molecule has 2 rings (SSSR count). The van der Waals surface area contributed by atoms with E-state index in [0.29, 0.717) is 6.42 Å². The monoisotopic (exact) mass is 255 g/mol. The maximum Gasteiger partial charge on any atom is 0.240 e. The summed E-state index contributed by atoms with van der Waals surface area (Å²) in [7, 11) is -3.51. The molecule has 0 saturated carbocycles. The quantitative estimate of drug-likeness (QED) is 0.825. The van der Waals surface area contributed by atoms with E-state index in [9.17, 15) is 13.2 Å². The second-order valence-corrected chi connectivity index (χ2v) is 5.81. The first-order valence-corrected chi connectivity index (χ1v) is 7.07. The van der Waals surface area contributed by atoms with Gasteiger partial charge in [-0.3, -0.25) is 9.52 Å². The van der Waals surface area contributed by atoms with E-state index >= 15 is 0 Å². The third-order valence-electron chi connectivity index (χ3n) is 2.54. The molecule has 17 heavy (non-hydrogen) atoms. The van der Waals surface area contributed by atoms with Gasteiger partial charge in [-0.2, -0.15) is 0 Å².